The molecule has 0 aromatic heterocycles. The third-order valence-electron chi connectivity index (χ3n) is 4.80. The van der Waals surface area contributed by atoms with Crippen LogP contribution in [-0.4, -0.2) is 25.2 Å². The van der Waals surface area contributed by atoms with E-state index in [0.29, 0.717) is 30.7 Å². The van der Waals surface area contributed by atoms with Gasteiger partial charge in [-0.25, -0.2) is 9.59 Å². The first-order valence-corrected chi connectivity index (χ1v) is 11.0. The van der Waals surface area contributed by atoms with Crippen molar-refractivity contribution < 1.29 is 19.1 Å². The van der Waals surface area contributed by atoms with Crippen LogP contribution in [-0.2, 0) is 9.47 Å². The number of esters is 2. The first kappa shape index (κ1) is 25.0. The Morgan fingerprint density at radius 1 is 0.759 bits per heavy atom. The Morgan fingerprint density at radius 2 is 1.24 bits per heavy atom. The summed E-state index contributed by atoms with van der Waals surface area (Å²) in [7, 11) is 0. The molecule has 0 aliphatic heterocycles. The third kappa shape index (κ3) is 10.9. The van der Waals surface area contributed by atoms with Crippen molar-refractivity contribution in [1.29, 1.82) is 0 Å². The molecule has 0 amide bonds. The van der Waals surface area contributed by atoms with E-state index in [-0.39, 0.29) is 11.1 Å². The largest absolute Gasteiger partial charge is 0.462 e. The van der Waals surface area contributed by atoms with Crippen LogP contribution >= 0.6 is 0 Å². The lowest BCUT2D eigenvalue weighted by atomic mass is 10.1. The standard InChI is InChI=1S/C24H39NO4/c1-18(2)11-7-5-9-15-28-23(26)21-14-13-20(25)17-22(21)24(27)29-16-10-6-8-12-19(3)4/h13-14,17-19H,5-12,15-16,25H2,1-4H3. The molecule has 2 N–H and O–H groups in total. The summed E-state index contributed by atoms with van der Waals surface area (Å²) in [4.78, 5) is 24.9. The monoisotopic (exact) mass is 405 g/mol. The van der Waals surface area contributed by atoms with Crippen molar-refractivity contribution in [2.45, 2.75) is 79.1 Å². The number of hydrogen-bond acceptors (Lipinski definition) is 5. The number of rotatable bonds is 14. The second-order valence-corrected chi connectivity index (χ2v) is 8.56. The minimum Gasteiger partial charge on any atom is -0.462 e. The fraction of sp³-hybridized carbons (Fsp3) is 0.667. The fourth-order valence-corrected chi connectivity index (χ4v) is 3.06. The van der Waals surface area contributed by atoms with Crippen LogP contribution in [0.3, 0.4) is 0 Å². The van der Waals surface area contributed by atoms with Crippen LogP contribution in [0.15, 0.2) is 18.2 Å². The summed E-state index contributed by atoms with van der Waals surface area (Å²) in [6.45, 7) is 9.50. The average Bonchev–Trinajstić information content (AvgIpc) is 2.66. The van der Waals surface area contributed by atoms with Gasteiger partial charge in [-0.1, -0.05) is 66.2 Å². The molecule has 0 aliphatic rings. The van der Waals surface area contributed by atoms with E-state index in [9.17, 15) is 9.59 Å². The molecule has 0 saturated heterocycles. The van der Waals surface area contributed by atoms with Crippen LogP contribution in [0.25, 0.3) is 0 Å². The van der Waals surface area contributed by atoms with Gasteiger partial charge in [-0.3, -0.25) is 0 Å². The Bertz CT molecular complexity index is 625. The van der Waals surface area contributed by atoms with Crippen LogP contribution in [0.5, 0.6) is 0 Å². The maximum atomic E-state index is 12.5. The zero-order chi connectivity index (χ0) is 21.6. The summed E-state index contributed by atoms with van der Waals surface area (Å²) in [5, 5.41) is 0. The van der Waals surface area contributed by atoms with Gasteiger partial charge in [0.25, 0.3) is 0 Å². The Hall–Kier alpha value is -2.04. The number of anilines is 1. The van der Waals surface area contributed by atoms with E-state index in [2.05, 4.69) is 27.7 Å². The summed E-state index contributed by atoms with van der Waals surface area (Å²) >= 11 is 0. The Kier molecular flexibility index (Phi) is 12.1. The van der Waals surface area contributed by atoms with Gasteiger partial charge >= 0.3 is 11.9 Å². The molecule has 0 atom stereocenters. The van der Waals surface area contributed by atoms with Gasteiger partial charge in [-0.15, -0.1) is 0 Å². The minimum absolute atomic E-state index is 0.178. The van der Waals surface area contributed by atoms with E-state index in [4.69, 9.17) is 15.2 Å². The molecule has 5 heteroatoms. The normalized spacial score (nSPS) is 11.1. The van der Waals surface area contributed by atoms with Crippen LogP contribution in [0.4, 0.5) is 5.69 Å². The number of benzene rings is 1. The molecule has 1 aromatic rings. The maximum absolute atomic E-state index is 12.5. The molecular weight excluding hydrogens is 366 g/mol. The van der Waals surface area contributed by atoms with Crippen LogP contribution < -0.4 is 5.73 Å². The first-order valence-electron chi connectivity index (χ1n) is 11.0. The number of carbonyl (C=O) groups excluding carboxylic acids is 2. The second kappa shape index (κ2) is 14.0. The van der Waals surface area contributed by atoms with Crippen molar-refractivity contribution in [3.05, 3.63) is 29.3 Å². The van der Waals surface area contributed by atoms with Crippen molar-refractivity contribution >= 4 is 17.6 Å². The van der Waals surface area contributed by atoms with Crippen molar-refractivity contribution in [3.8, 4) is 0 Å². The zero-order valence-corrected chi connectivity index (χ0v) is 18.7. The van der Waals surface area contributed by atoms with E-state index < -0.39 is 11.9 Å². The van der Waals surface area contributed by atoms with Gasteiger partial charge in [-0.2, -0.15) is 0 Å². The number of carbonyl (C=O) groups is 2. The second-order valence-electron chi connectivity index (χ2n) is 8.56. The highest BCUT2D eigenvalue weighted by Gasteiger charge is 2.20. The van der Waals surface area contributed by atoms with Crippen molar-refractivity contribution in [3.63, 3.8) is 0 Å². The lowest BCUT2D eigenvalue weighted by Crippen LogP contribution is -2.15. The Balaban J connectivity index is 2.49. The SMILES string of the molecule is CC(C)CCCCCOC(=O)c1ccc(N)cc1C(=O)OCCCCCC(C)C. The predicted octanol–water partition coefficient (Wildman–Crippen LogP) is 6.02. The smallest absolute Gasteiger partial charge is 0.339 e. The van der Waals surface area contributed by atoms with E-state index >= 15 is 0 Å². The van der Waals surface area contributed by atoms with Gasteiger partial charge in [0.05, 0.1) is 24.3 Å². The zero-order valence-electron chi connectivity index (χ0n) is 18.7. The van der Waals surface area contributed by atoms with Gasteiger partial charge in [0.2, 0.25) is 0 Å². The molecular formula is C24H39NO4. The topological polar surface area (TPSA) is 78.6 Å². The summed E-state index contributed by atoms with van der Waals surface area (Å²) in [5.74, 6) is 0.354. The van der Waals surface area contributed by atoms with E-state index in [1.807, 2.05) is 0 Å². The highest BCUT2D eigenvalue weighted by Crippen LogP contribution is 2.17. The molecule has 0 fully saturated rings. The molecule has 0 radical (unpaired) electrons. The molecule has 5 nitrogen and oxygen atoms in total. The number of hydrogen-bond donors (Lipinski definition) is 1. The quantitative estimate of drug-likeness (QED) is 0.233. The van der Waals surface area contributed by atoms with Crippen molar-refractivity contribution in [2.75, 3.05) is 18.9 Å². The predicted molar refractivity (Wildman–Crippen MR) is 118 cm³/mol. The van der Waals surface area contributed by atoms with Crippen LogP contribution in [0, 0.1) is 11.8 Å². The Labute approximate surface area is 176 Å². The summed E-state index contributed by atoms with van der Waals surface area (Å²) in [6.07, 6.45) is 8.30. The molecule has 0 aliphatic carbocycles. The highest BCUT2D eigenvalue weighted by molar-refractivity contribution is 6.03. The maximum Gasteiger partial charge on any atom is 0.339 e. The third-order valence-corrected chi connectivity index (χ3v) is 4.80. The molecule has 0 unspecified atom stereocenters. The summed E-state index contributed by atoms with van der Waals surface area (Å²) in [6, 6.07) is 4.62. The number of nitrogens with two attached hydrogens (primary N) is 1. The van der Waals surface area contributed by atoms with Gasteiger partial charge in [0.1, 0.15) is 0 Å². The van der Waals surface area contributed by atoms with Crippen LogP contribution in [0.1, 0.15) is 99.8 Å². The van der Waals surface area contributed by atoms with Crippen molar-refractivity contribution in [2.24, 2.45) is 11.8 Å². The molecule has 164 valence electrons. The average molecular weight is 406 g/mol. The molecule has 1 rings (SSSR count). The number of ether oxygens (including phenoxy) is 2. The Morgan fingerprint density at radius 3 is 1.72 bits per heavy atom. The van der Waals surface area contributed by atoms with E-state index in [1.165, 1.54) is 25.0 Å². The molecule has 0 heterocycles. The lowest BCUT2D eigenvalue weighted by Gasteiger charge is -2.11. The van der Waals surface area contributed by atoms with Gasteiger partial charge < -0.3 is 15.2 Å². The molecule has 0 spiro atoms. The molecule has 0 bridgehead atoms. The summed E-state index contributed by atoms with van der Waals surface area (Å²) < 4.78 is 10.7. The van der Waals surface area contributed by atoms with Gasteiger partial charge in [0.15, 0.2) is 0 Å². The summed E-state index contributed by atoms with van der Waals surface area (Å²) in [5.41, 5.74) is 6.62. The molecule has 0 saturated carbocycles. The van der Waals surface area contributed by atoms with E-state index in [0.717, 1.165) is 38.5 Å². The number of nitrogen functional groups attached to an aromatic ring is 1. The highest BCUT2D eigenvalue weighted by atomic mass is 16.5. The van der Waals surface area contributed by atoms with Gasteiger partial charge in [0, 0.05) is 5.69 Å². The van der Waals surface area contributed by atoms with Gasteiger partial charge in [-0.05, 0) is 42.9 Å². The number of unbranched alkanes of at least 4 members (excludes halogenated alkanes) is 4. The minimum atomic E-state index is -0.523. The fourth-order valence-electron chi connectivity index (χ4n) is 3.06. The molecule has 1 aromatic carbocycles. The first-order chi connectivity index (χ1) is 13.8. The van der Waals surface area contributed by atoms with Crippen molar-refractivity contribution in [1.82, 2.24) is 0 Å². The van der Waals surface area contributed by atoms with E-state index in [1.54, 1.807) is 6.07 Å². The lowest BCUT2D eigenvalue weighted by molar-refractivity contribution is 0.0450. The molecule has 29 heavy (non-hydrogen) atoms. The van der Waals surface area contributed by atoms with Crippen LogP contribution in [0.2, 0.25) is 0 Å².